The number of nitrogens with one attached hydrogen (secondary N) is 1. The van der Waals surface area contributed by atoms with Crippen molar-refractivity contribution in [1.82, 2.24) is 5.32 Å². The van der Waals surface area contributed by atoms with Gasteiger partial charge in [-0.25, -0.2) is 0 Å². The van der Waals surface area contributed by atoms with Crippen molar-refractivity contribution in [2.75, 3.05) is 12.3 Å². The van der Waals surface area contributed by atoms with Crippen molar-refractivity contribution < 1.29 is 4.79 Å². The smallest absolute Gasteiger partial charge is 0.233 e. The molecule has 0 spiro atoms. The third-order valence-corrected chi connectivity index (χ3v) is 5.93. The quantitative estimate of drug-likeness (QED) is 0.506. The number of hydrogen-bond donors (Lipinski definition) is 1. The Labute approximate surface area is 157 Å². The van der Waals surface area contributed by atoms with E-state index in [1.807, 2.05) is 43.0 Å². The van der Waals surface area contributed by atoms with Gasteiger partial charge in [-0.15, -0.1) is 11.8 Å². The first kappa shape index (κ1) is 19.2. The number of amides is 1. The fraction of sp³-hybridized carbons (Fsp3) is 0.316. The molecule has 0 aliphatic rings. The van der Waals surface area contributed by atoms with Crippen molar-refractivity contribution in [2.45, 2.75) is 29.7 Å². The van der Waals surface area contributed by atoms with Crippen LogP contribution < -0.4 is 5.32 Å². The lowest BCUT2D eigenvalue weighted by molar-refractivity contribution is -0.120. The van der Waals surface area contributed by atoms with Crippen molar-refractivity contribution in [2.24, 2.45) is 0 Å². The molecule has 0 heterocycles. The van der Waals surface area contributed by atoms with Crippen LogP contribution in [0.25, 0.3) is 0 Å². The minimum absolute atomic E-state index is 0.0754. The third kappa shape index (κ3) is 6.42. The number of rotatable bonds is 8. The molecule has 0 fully saturated rings. The van der Waals surface area contributed by atoms with Crippen molar-refractivity contribution in [3.63, 3.8) is 0 Å². The topological polar surface area (TPSA) is 29.1 Å². The van der Waals surface area contributed by atoms with Crippen molar-refractivity contribution >= 4 is 41.0 Å². The van der Waals surface area contributed by atoms with E-state index in [0.717, 1.165) is 16.4 Å². The second-order valence-electron chi connectivity index (χ2n) is 5.48. The number of halogens is 1. The highest BCUT2D eigenvalue weighted by molar-refractivity contribution is 8.00. The Bertz CT molecular complexity index is 661. The monoisotopic (exact) mass is 379 g/mol. The van der Waals surface area contributed by atoms with Crippen LogP contribution in [0.5, 0.6) is 0 Å². The molecule has 0 saturated heterocycles. The van der Waals surface area contributed by atoms with E-state index >= 15 is 0 Å². The van der Waals surface area contributed by atoms with Gasteiger partial charge in [0.1, 0.15) is 0 Å². The third-order valence-electron chi connectivity index (χ3n) is 3.56. The summed E-state index contributed by atoms with van der Waals surface area (Å²) in [5, 5.41) is 3.60. The van der Waals surface area contributed by atoms with Gasteiger partial charge >= 0.3 is 0 Å². The molecule has 1 N–H and O–H groups in total. The molecule has 0 bridgehead atoms. The van der Waals surface area contributed by atoms with Crippen LogP contribution in [0, 0.1) is 6.92 Å². The molecule has 0 saturated carbocycles. The van der Waals surface area contributed by atoms with E-state index in [1.165, 1.54) is 11.1 Å². The van der Waals surface area contributed by atoms with Crippen LogP contribution in [0.4, 0.5) is 0 Å². The van der Waals surface area contributed by atoms with Gasteiger partial charge in [0.05, 0.1) is 5.25 Å². The predicted octanol–water partition coefficient (Wildman–Crippen LogP) is 5.18. The summed E-state index contributed by atoms with van der Waals surface area (Å²) in [5.74, 6) is 1.97. The van der Waals surface area contributed by atoms with Gasteiger partial charge in [0.25, 0.3) is 0 Å². The molecule has 0 radical (unpaired) electrons. The number of carbonyl (C=O) groups is 1. The molecule has 0 unspecified atom stereocenters. The molecule has 2 aromatic rings. The highest BCUT2D eigenvalue weighted by atomic mass is 35.5. The Morgan fingerprint density at radius 1 is 1.17 bits per heavy atom. The van der Waals surface area contributed by atoms with Crippen LogP contribution in [0.2, 0.25) is 5.02 Å². The van der Waals surface area contributed by atoms with Crippen LogP contribution in [0.15, 0.2) is 53.4 Å². The minimum atomic E-state index is -0.118. The molecule has 128 valence electrons. The molecule has 1 amide bonds. The molecule has 2 aromatic carbocycles. The Morgan fingerprint density at radius 2 is 1.88 bits per heavy atom. The highest BCUT2D eigenvalue weighted by Crippen LogP contribution is 2.24. The Kier molecular flexibility index (Phi) is 8.03. The average molecular weight is 380 g/mol. The number of aryl methyl sites for hydroxylation is 1. The number of thioether (sulfide) groups is 2. The van der Waals surface area contributed by atoms with Crippen LogP contribution >= 0.6 is 35.1 Å². The first-order chi connectivity index (χ1) is 11.6. The predicted molar refractivity (Wildman–Crippen MR) is 107 cm³/mol. The zero-order chi connectivity index (χ0) is 17.4. The van der Waals surface area contributed by atoms with Crippen LogP contribution in [0.3, 0.4) is 0 Å². The minimum Gasteiger partial charge on any atom is -0.354 e. The molecular weight excluding hydrogens is 358 g/mol. The summed E-state index contributed by atoms with van der Waals surface area (Å²) in [6, 6.07) is 16.0. The fourth-order valence-electron chi connectivity index (χ4n) is 2.12. The summed E-state index contributed by atoms with van der Waals surface area (Å²) in [7, 11) is 0. The fourth-order valence-corrected chi connectivity index (χ4v) is 4.07. The summed E-state index contributed by atoms with van der Waals surface area (Å²) >= 11 is 9.26. The summed E-state index contributed by atoms with van der Waals surface area (Å²) in [6.07, 6.45) is 0. The van der Waals surface area contributed by atoms with E-state index in [4.69, 9.17) is 11.6 Å². The summed E-state index contributed by atoms with van der Waals surface area (Å²) in [6.45, 7) is 4.75. The van der Waals surface area contributed by atoms with Gasteiger partial charge in [0.2, 0.25) is 5.91 Å². The largest absolute Gasteiger partial charge is 0.354 e. The molecule has 0 aliphatic heterocycles. The van der Waals surface area contributed by atoms with Gasteiger partial charge in [0, 0.05) is 28.0 Å². The number of hydrogen-bond acceptors (Lipinski definition) is 3. The second-order valence-corrected chi connectivity index (χ2v) is 8.44. The van der Waals surface area contributed by atoms with E-state index in [0.29, 0.717) is 11.6 Å². The van der Waals surface area contributed by atoms with Gasteiger partial charge in [-0.1, -0.05) is 35.9 Å². The van der Waals surface area contributed by atoms with Crippen molar-refractivity contribution in [3.8, 4) is 0 Å². The van der Waals surface area contributed by atoms with Gasteiger partial charge in [-0.3, -0.25) is 4.79 Å². The molecule has 0 aliphatic carbocycles. The molecule has 5 heteroatoms. The van der Waals surface area contributed by atoms with E-state index in [-0.39, 0.29) is 11.2 Å². The van der Waals surface area contributed by atoms with Crippen molar-refractivity contribution in [3.05, 3.63) is 64.7 Å². The normalized spacial score (nSPS) is 12.0. The molecule has 2 nitrogen and oxygen atoms in total. The number of benzene rings is 2. The Balaban J connectivity index is 1.65. The molecule has 1 atom stereocenters. The number of carbonyl (C=O) groups excluding carboxylic acids is 1. The second kappa shape index (κ2) is 10.0. The summed E-state index contributed by atoms with van der Waals surface area (Å²) < 4.78 is 0. The van der Waals surface area contributed by atoms with E-state index in [1.54, 1.807) is 11.8 Å². The maximum atomic E-state index is 12.1. The standard InChI is InChI=1S/C19H22ClNOS2/c1-14-5-3-4-6-16(14)13-23-12-11-21-19(22)15(2)24-18-9-7-17(20)8-10-18/h3-10,15H,11-13H2,1-2H3,(H,21,22)/t15-/m0/s1. The van der Waals surface area contributed by atoms with Gasteiger partial charge in [-0.05, 0) is 49.2 Å². The summed E-state index contributed by atoms with van der Waals surface area (Å²) in [5.41, 5.74) is 2.68. The Morgan fingerprint density at radius 3 is 2.58 bits per heavy atom. The first-order valence-electron chi connectivity index (χ1n) is 7.88. The zero-order valence-electron chi connectivity index (χ0n) is 13.9. The zero-order valence-corrected chi connectivity index (χ0v) is 16.3. The Hall–Kier alpha value is -1.10. The SMILES string of the molecule is Cc1ccccc1CSCCNC(=O)[C@H](C)Sc1ccc(Cl)cc1. The maximum Gasteiger partial charge on any atom is 0.233 e. The van der Waals surface area contributed by atoms with E-state index in [2.05, 4.69) is 36.5 Å². The highest BCUT2D eigenvalue weighted by Gasteiger charge is 2.13. The van der Waals surface area contributed by atoms with Crippen molar-refractivity contribution in [1.29, 1.82) is 0 Å². The average Bonchev–Trinajstić information content (AvgIpc) is 2.58. The lowest BCUT2D eigenvalue weighted by atomic mass is 10.1. The summed E-state index contributed by atoms with van der Waals surface area (Å²) in [4.78, 5) is 13.2. The van der Waals surface area contributed by atoms with Crippen LogP contribution in [0.1, 0.15) is 18.1 Å². The molecule has 2 rings (SSSR count). The lowest BCUT2D eigenvalue weighted by Gasteiger charge is -2.12. The maximum absolute atomic E-state index is 12.1. The molecular formula is C19H22ClNOS2. The first-order valence-corrected chi connectivity index (χ1v) is 10.3. The lowest BCUT2D eigenvalue weighted by Crippen LogP contribution is -2.32. The van der Waals surface area contributed by atoms with Gasteiger partial charge in [0.15, 0.2) is 0 Å². The van der Waals surface area contributed by atoms with Crippen LogP contribution in [-0.2, 0) is 10.5 Å². The van der Waals surface area contributed by atoms with E-state index < -0.39 is 0 Å². The van der Waals surface area contributed by atoms with Gasteiger partial charge < -0.3 is 5.32 Å². The van der Waals surface area contributed by atoms with Crippen LogP contribution in [-0.4, -0.2) is 23.5 Å². The molecule has 24 heavy (non-hydrogen) atoms. The molecule has 0 aromatic heterocycles. The van der Waals surface area contributed by atoms with E-state index in [9.17, 15) is 4.79 Å². The van der Waals surface area contributed by atoms with Gasteiger partial charge in [-0.2, -0.15) is 11.8 Å².